The van der Waals surface area contributed by atoms with Crippen LogP contribution in [0.5, 0.6) is 11.5 Å². The van der Waals surface area contributed by atoms with Crippen LogP contribution in [0.4, 0.5) is 0 Å². The second-order valence-corrected chi connectivity index (χ2v) is 10.1. The zero-order valence-corrected chi connectivity index (χ0v) is 22.0. The third kappa shape index (κ3) is 7.33. The maximum absolute atomic E-state index is 10.3. The smallest absolute Gasteiger partial charge is 0.120 e. The van der Waals surface area contributed by atoms with Gasteiger partial charge >= 0.3 is 0 Å². The largest absolute Gasteiger partial charge is 0.491 e. The van der Waals surface area contributed by atoms with Crippen LogP contribution in [0.2, 0.25) is 0 Å². The Hall–Kier alpha value is -3.36. The van der Waals surface area contributed by atoms with Gasteiger partial charge in [-0.25, -0.2) is 9.98 Å². The standard InChI is InChI=1S/C29H36N4O4/c1-19-30-15-23(32-19)13-25(34)17-36-27-9-5-21(6-10-27)29(3,4)22-7-11-28(12-8-22)37-18-26(35)14-24-16-31-20(2)33-24/h5-12,25-26,34-35H,13-18H2,1-4H3. The van der Waals surface area contributed by atoms with Gasteiger partial charge in [-0.15, -0.1) is 0 Å². The number of aliphatic hydroxyl groups is 2. The van der Waals surface area contributed by atoms with Crippen LogP contribution in [0.15, 0.2) is 68.5 Å². The minimum atomic E-state index is -0.618. The molecule has 2 aromatic rings. The summed E-state index contributed by atoms with van der Waals surface area (Å²) in [6, 6.07) is 16.0. The highest BCUT2D eigenvalue weighted by Crippen LogP contribution is 2.33. The van der Waals surface area contributed by atoms with Gasteiger partial charge in [0.05, 0.1) is 25.3 Å². The molecule has 196 valence electrons. The molecular weight excluding hydrogens is 468 g/mol. The molecule has 2 aliphatic rings. The Bertz CT molecular complexity index is 1100. The molecule has 2 N–H and O–H groups in total. The Morgan fingerprint density at radius 3 is 1.41 bits per heavy atom. The highest BCUT2D eigenvalue weighted by molar-refractivity contribution is 6.03. The first kappa shape index (κ1) is 26.7. The number of aliphatic hydroxyl groups excluding tert-OH is 2. The molecule has 2 aliphatic heterocycles. The zero-order chi connectivity index (χ0) is 26.4. The Morgan fingerprint density at radius 2 is 1.08 bits per heavy atom. The molecule has 8 heteroatoms. The monoisotopic (exact) mass is 504 g/mol. The van der Waals surface area contributed by atoms with Crippen molar-refractivity contribution >= 4 is 23.1 Å². The summed E-state index contributed by atoms with van der Waals surface area (Å²) in [7, 11) is 0. The van der Waals surface area contributed by atoms with Gasteiger partial charge in [-0.3, -0.25) is 9.98 Å². The minimum absolute atomic E-state index is 0.207. The first-order valence-electron chi connectivity index (χ1n) is 12.7. The molecule has 2 unspecified atom stereocenters. The number of nitrogens with zero attached hydrogens (tertiary/aromatic N) is 4. The lowest BCUT2D eigenvalue weighted by molar-refractivity contribution is 0.113. The van der Waals surface area contributed by atoms with E-state index in [4.69, 9.17) is 9.47 Å². The van der Waals surface area contributed by atoms with Gasteiger partial charge in [0.1, 0.15) is 36.4 Å². The third-order valence-electron chi connectivity index (χ3n) is 6.60. The van der Waals surface area contributed by atoms with Crippen LogP contribution >= 0.6 is 0 Å². The van der Waals surface area contributed by atoms with Crippen molar-refractivity contribution < 1.29 is 19.7 Å². The van der Waals surface area contributed by atoms with Crippen molar-refractivity contribution in [3.63, 3.8) is 0 Å². The maximum atomic E-state index is 10.3. The summed E-state index contributed by atoms with van der Waals surface area (Å²) in [5.74, 6) is 2.95. The summed E-state index contributed by atoms with van der Waals surface area (Å²) in [5, 5.41) is 20.5. The van der Waals surface area contributed by atoms with Crippen LogP contribution in [0, 0.1) is 0 Å². The average molecular weight is 505 g/mol. The normalized spacial score (nSPS) is 17.0. The summed E-state index contributed by atoms with van der Waals surface area (Å²) in [6.45, 7) is 9.60. The minimum Gasteiger partial charge on any atom is -0.491 e. The molecule has 0 amide bonds. The second-order valence-electron chi connectivity index (χ2n) is 10.1. The molecule has 0 radical (unpaired) electrons. The molecule has 4 rings (SSSR count). The van der Waals surface area contributed by atoms with E-state index in [2.05, 4.69) is 58.1 Å². The zero-order valence-electron chi connectivity index (χ0n) is 22.0. The summed E-state index contributed by atoms with van der Waals surface area (Å²) in [5.41, 5.74) is 3.84. The first-order valence-corrected chi connectivity index (χ1v) is 12.7. The van der Waals surface area contributed by atoms with Gasteiger partial charge in [0, 0.05) is 29.7 Å². The molecular formula is C29H36N4O4. The van der Waals surface area contributed by atoms with E-state index in [9.17, 15) is 10.2 Å². The number of hydrogen-bond donors (Lipinski definition) is 2. The molecule has 2 atom stereocenters. The van der Waals surface area contributed by atoms with Crippen LogP contribution in [-0.4, -0.2) is 71.8 Å². The van der Waals surface area contributed by atoms with Crippen molar-refractivity contribution in [3.05, 3.63) is 59.7 Å². The van der Waals surface area contributed by atoms with Crippen LogP contribution < -0.4 is 9.47 Å². The quantitative estimate of drug-likeness (QED) is 0.455. The molecule has 0 aromatic heterocycles. The van der Waals surface area contributed by atoms with E-state index in [-0.39, 0.29) is 18.6 Å². The van der Waals surface area contributed by atoms with Gasteiger partial charge in [0.25, 0.3) is 0 Å². The molecule has 0 bridgehead atoms. The third-order valence-corrected chi connectivity index (χ3v) is 6.60. The van der Waals surface area contributed by atoms with Gasteiger partial charge in [0.2, 0.25) is 0 Å². The molecule has 8 nitrogen and oxygen atoms in total. The Kier molecular flexibility index (Phi) is 8.51. The highest BCUT2D eigenvalue weighted by atomic mass is 16.5. The first-order chi connectivity index (χ1) is 17.7. The van der Waals surface area contributed by atoms with Gasteiger partial charge < -0.3 is 19.7 Å². The van der Waals surface area contributed by atoms with E-state index in [1.807, 2.05) is 38.1 Å². The number of hydrogen-bond acceptors (Lipinski definition) is 8. The fourth-order valence-electron chi connectivity index (χ4n) is 4.38. The summed E-state index contributed by atoms with van der Waals surface area (Å²) in [6.07, 6.45) is -0.302. The van der Waals surface area contributed by atoms with Gasteiger partial charge in [-0.2, -0.15) is 0 Å². The van der Waals surface area contributed by atoms with Crippen molar-refractivity contribution in [2.24, 2.45) is 20.0 Å². The molecule has 2 aromatic carbocycles. The summed E-state index contributed by atoms with van der Waals surface area (Å²) in [4.78, 5) is 17.1. The Morgan fingerprint density at radius 1 is 0.703 bits per heavy atom. The van der Waals surface area contributed by atoms with Crippen molar-refractivity contribution in [2.75, 3.05) is 26.3 Å². The fourth-order valence-corrected chi connectivity index (χ4v) is 4.38. The molecule has 0 spiro atoms. The molecule has 37 heavy (non-hydrogen) atoms. The van der Waals surface area contributed by atoms with E-state index < -0.39 is 12.2 Å². The molecule has 0 aliphatic carbocycles. The van der Waals surface area contributed by atoms with Crippen LogP contribution in [0.25, 0.3) is 0 Å². The number of ether oxygens (including phenoxy) is 2. The van der Waals surface area contributed by atoms with Gasteiger partial charge in [-0.05, 0) is 49.2 Å². The van der Waals surface area contributed by atoms with Gasteiger partial charge in [0.15, 0.2) is 0 Å². The number of benzene rings is 2. The molecule has 0 fully saturated rings. The van der Waals surface area contributed by atoms with Crippen molar-refractivity contribution in [1.29, 1.82) is 0 Å². The van der Waals surface area contributed by atoms with E-state index >= 15 is 0 Å². The number of amidine groups is 2. The maximum Gasteiger partial charge on any atom is 0.120 e. The van der Waals surface area contributed by atoms with Crippen molar-refractivity contribution in [1.82, 2.24) is 0 Å². The average Bonchev–Trinajstić information content (AvgIpc) is 3.48. The van der Waals surface area contributed by atoms with Crippen LogP contribution in [0.3, 0.4) is 0 Å². The van der Waals surface area contributed by atoms with Crippen molar-refractivity contribution in [3.8, 4) is 11.5 Å². The molecule has 2 heterocycles. The topological polar surface area (TPSA) is 108 Å². The fraction of sp³-hybridized carbons (Fsp3) is 0.448. The molecule has 0 saturated heterocycles. The van der Waals surface area contributed by atoms with E-state index in [0.29, 0.717) is 37.4 Å². The van der Waals surface area contributed by atoms with Crippen LogP contribution in [0.1, 0.15) is 51.7 Å². The number of aliphatic imine (C=N–C) groups is 4. The lowest BCUT2D eigenvalue weighted by Crippen LogP contribution is -2.22. The lowest BCUT2D eigenvalue weighted by Gasteiger charge is -2.26. The SMILES string of the molecule is CC1=NCC(CC(O)COc2ccc(C(C)(C)c3ccc(OCC(O)CC4=NC(C)=NC4)cc3)cc2)=N1. The summed E-state index contributed by atoms with van der Waals surface area (Å²) < 4.78 is 11.6. The van der Waals surface area contributed by atoms with E-state index in [1.165, 1.54) is 0 Å². The van der Waals surface area contributed by atoms with E-state index in [1.54, 1.807) is 0 Å². The Labute approximate surface area is 218 Å². The predicted octanol–water partition coefficient (Wildman–Crippen LogP) is 4.02. The second kappa shape index (κ2) is 11.8. The van der Waals surface area contributed by atoms with Crippen molar-refractivity contribution in [2.45, 2.75) is 58.2 Å². The number of rotatable bonds is 12. The summed E-state index contributed by atoms with van der Waals surface area (Å²) >= 11 is 0. The van der Waals surface area contributed by atoms with E-state index in [0.717, 1.165) is 34.2 Å². The highest BCUT2D eigenvalue weighted by Gasteiger charge is 2.23. The van der Waals surface area contributed by atoms with Gasteiger partial charge in [-0.1, -0.05) is 38.1 Å². The predicted molar refractivity (Wildman–Crippen MR) is 148 cm³/mol. The molecule has 0 saturated carbocycles. The van der Waals surface area contributed by atoms with Crippen LogP contribution in [-0.2, 0) is 5.41 Å². The lowest BCUT2D eigenvalue weighted by atomic mass is 9.78. The Balaban J connectivity index is 1.26.